The third-order valence-corrected chi connectivity index (χ3v) is 3.78. The first-order chi connectivity index (χ1) is 10.9. The number of nitrogens with two attached hydrogens (primary N) is 1. The lowest BCUT2D eigenvalue weighted by molar-refractivity contribution is -0.137. The lowest BCUT2D eigenvalue weighted by Gasteiger charge is -2.37. The van der Waals surface area contributed by atoms with Crippen molar-refractivity contribution in [2.75, 3.05) is 41.7 Å². The Balaban J connectivity index is 1.78. The number of hydrogen-bond donors (Lipinski definition) is 1. The maximum atomic E-state index is 13.2. The summed E-state index contributed by atoms with van der Waals surface area (Å²) in [5, 5.41) is 0. The van der Waals surface area contributed by atoms with Gasteiger partial charge < -0.3 is 15.5 Å². The zero-order valence-electron chi connectivity index (χ0n) is 12.3. The van der Waals surface area contributed by atoms with Gasteiger partial charge in [0.1, 0.15) is 0 Å². The predicted molar refractivity (Wildman–Crippen MR) is 82.3 cm³/mol. The number of nitrogen functional groups attached to an aromatic ring is 1. The minimum Gasteiger partial charge on any atom is -0.399 e. The molecule has 2 aromatic rings. The molecule has 2 N–H and O–H groups in total. The summed E-state index contributed by atoms with van der Waals surface area (Å²) in [6, 6.07) is 5.65. The van der Waals surface area contributed by atoms with Gasteiger partial charge in [-0.15, -0.1) is 0 Å². The average Bonchev–Trinajstić information content (AvgIpc) is 2.55. The molecule has 1 aliphatic rings. The highest BCUT2D eigenvalue weighted by Gasteiger charge is 2.35. The van der Waals surface area contributed by atoms with Gasteiger partial charge in [0.15, 0.2) is 0 Å². The van der Waals surface area contributed by atoms with Crippen molar-refractivity contribution >= 4 is 17.3 Å². The van der Waals surface area contributed by atoms with Crippen LogP contribution >= 0.6 is 0 Å². The molecule has 0 spiro atoms. The fraction of sp³-hybridized carbons (Fsp3) is 0.333. The molecular weight excluding hydrogens is 307 g/mol. The van der Waals surface area contributed by atoms with E-state index in [1.54, 1.807) is 23.4 Å². The summed E-state index contributed by atoms with van der Waals surface area (Å²) in [6.45, 7) is 2.05. The molecular formula is C15H16F3N5. The van der Waals surface area contributed by atoms with Gasteiger partial charge in [-0.05, 0) is 24.3 Å². The Hall–Kier alpha value is -2.51. The molecule has 1 fully saturated rings. The number of benzene rings is 1. The minimum atomic E-state index is -4.43. The summed E-state index contributed by atoms with van der Waals surface area (Å²) in [5.74, 6) is 0.598. The fourth-order valence-electron chi connectivity index (χ4n) is 2.66. The molecule has 122 valence electrons. The second-order valence-electron chi connectivity index (χ2n) is 5.30. The minimum absolute atomic E-state index is 0.109. The van der Waals surface area contributed by atoms with Crippen molar-refractivity contribution in [1.82, 2.24) is 9.97 Å². The Labute approximate surface area is 131 Å². The van der Waals surface area contributed by atoms with Crippen molar-refractivity contribution in [3.8, 4) is 0 Å². The Morgan fingerprint density at radius 2 is 1.57 bits per heavy atom. The summed E-state index contributed by atoms with van der Waals surface area (Å²) >= 11 is 0. The van der Waals surface area contributed by atoms with Crippen LogP contribution in [0.1, 0.15) is 5.56 Å². The third-order valence-electron chi connectivity index (χ3n) is 3.78. The first kappa shape index (κ1) is 15.4. The molecule has 0 radical (unpaired) electrons. The van der Waals surface area contributed by atoms with E-state index in [-0.39, 0.29) is 11.4 Å². The van der Waals surface area contributed by atoms with Crippen molar-refractivity contribution in [2.24, 2.45) is 0 Å². The Kier molecular flexibility index (Phi) is 3.97. The van der Waals surface area contributed by atoms with E-state index in [1.165, 1.54) is 12.1 Å². The van der Waals surface area contributed by atoms with E-state index in [2.05, 4.69) is 9.97 Å². The smallest absolute Gasteiger partial charge is 0.399 e. The summed E-state index contributed by atoms with van der Waals surface area (Å²) < 4.78 is 39.6. The van der Waals surface area contributed by atoms with Gasteiger partial charge in [0.25, 0.3) is 0 Å². The van der Waals surface area contributed by atoms with E-state index in [0.29, 0.717) is 32.1 Å². The molecule has 8 heteroatoms. The number of hydrogen-bond acceptors (Lipinski definition) is 5. The fourth-order valence-corrected chi connectivity index (χ4v) is 2.66. The molecule has 1 aliphatic heterocycles. The molecule has 0 saturated carbocycles. The molecule has 0 bridgehead atoms. The van der Waals surface area contributed by atoms with Gasteiger partial charge in [-0.25, -0.2) is 9.97 Å². The average molecular weight is 323 g/mol. The first-order valence-electron chi connectivity index (χ1n) is 7.19. The summed E-state index contributed by atoms with van der Waals surface area (Å²) in [7, 11) is 0. The van der Waals surface area contributed by atoms with Crippen LogP contribution in [-0.4, -0.2) is 36.1 Å². The van der Waals surface area contributed by atoms with Crippen LogP contribution in [0.4, 0.5) is 30.5 Å². The van der Waals surface area contributed by atoms with Crippen molar-refractivity contribution < 1.29 is 13.2 Å². The van der Waals surface area contributed by atoms with Crippen LogP contribution in [0.25, 0.3) is 0 Å². The lowest BCUT2D eigenvalue weighted by Crippen LogP contribution is -2.47. The zero-order valence-corrected chi connectivity index (χ0v) is 12.3. The second-order valence-corrected chi connectivity index (χ2v) is 5.30. The summed E-state index contributed by atoms with van der Waals surface area (Å²) in [4.78, 5) is 12.0. The predicted octanol–water partition coefficient (Wildman–Crippen LogP) is 2.40. The van der Waals surface area contributed by atoms with Gasteiger partial charge in [-0.2, -0.15) is 13.2 Å². The number of anilines is 3. The Morgan fingerprint density at radius 1 is 0.957 bits per heavy atom. The highest BCUT2D eigenvalue weighted by atomic mass is 19.4. The topological polar surface area (TPSA) is 58.3 Å². The molecule has 1 saturated heterocycles. The van der Waals surface area contributed by atoms with Crippen molar-refractivity contribution in [2.45, 2.75) is 6.18 Å². The quantitative estimate of drug-likeness (QED) is 0.860. The molecule has 0 aliphatic carbocycles. The SMILES string of the molecule is Nc1ccc(N2CCN(c3ncccn3)CC2)c(C(F)(F)F)c1. The van der Waals surface area contributed by atoms with Crippen molar-refractivity contribution in [3.63, 3.8) is 0 Å². The zero-order chi connectivity index (χ0) is 16.4. The Bertz CT molecular complexity index is 667. The van der Waals surface area contributed by atoms with Crippen LogP contribution in [0.5, 0.6) is 0 Å². The molecule has 23 heavy (non-hydrogen) atoms. The van der Waals surface area contributed by atoms with E-state index < -0.39 is 11.7 Å². The van der Waals surface area contributed by atoms with Gasteiger partial charge in [0, 0.05) is 49.9 Å². The lowest BCUT2D eigenvalue weighted by atomic mass is 10.1. The van der Waals surface area contributed by atoms with E-state index in [4.69, 9.17) is 5.73 Å². The van der Waals surface area contributed by atoms with E-state index in [0.717, 1.165) is 6.07 Å². The summed E-state index contributed by atoms with van der Waals surface area (Å²) in [5.41, 5.74) is 5.09. The van der Waals surface area contributed by atoms with Crippen molar-refractivity contribution in [3.05, 3.63) is 42.2 Å². The molecule has 0 amide bonds. The molecule has 0 unspecified atom stereocenters. The number of alkyl halides is 3. The van der Waals surface area contributed by atoms with Gasteiger partial charge in [-0.1, -0.05) is 0 Å². The van der Waals surface area contributed by atoms with E-state index in [9.17, 15) is 13.2 Å². The number of aromatic nitrogens is 2. The van der Waals surface area contributed by atoms with Gasteiger partial charge in [-0.3, -0.25) is 0 Å². The van der Waals surface area contributed by atoms with E-state index in [1.807, 2.05) is 4.90 Å². The highest BCUT2D eigenvalue weighted by Crippen LogP contribution is 2.38. The number of halogens is 3. The largest absolute Gasteiger partial charge is 0.418 e. The standard InChI is InChI=1S/C15H16F3N5/c16-15(17,18)12-10-11(19)2-3-13(12)22-6-8-23(9-7-22)14-20-4-1-5-21-14/h1-5,10H,6-9,19H2. The van der Waals surface area contributed by atoms with Crippen LogP contribution < -0.4 is 15.5 Å². The maximum absolute atomic E-state index is 13.2. The molecule has 3 rings (SSSR count). The Morgan fingerprint density at radius 3 is 2.17 bits per heavy atom. The maximum Gasteiger partial charge on any atom is 0.418 e. The number of rotatable bonds is 2. The van der Waals surface area contributed by atoms with Gasteiger partial charge in [0.05, 0.1) is 5.56 Å². The van der Waals surface area contributed by atoms with Crippen LogP contribution in [0.15, 0.2) is 36.7 Å². The third kappa shape index (κ3) is 3.30. The number of nitrogens with zero attached hydrogens (tertiary/aromatic N) is 4. The van der Waals surface area contributed by atoms with Crippen LogP contribution in [0, 0.1) is 0 Å². The molecule has 5 nitrogen and oxygen atoms in total. The molecule has 0 atom stereocenters. The number of piperazine rings is 1. The van der Waals surface area contributed by atoms with Gasteiger partial charge >= 0.3 is 6.18 Å². The second kappa shape index (κ2) is 5.94. The monoisotopic (exact) mass is 323 g/mol. The van der Waals surface area contributed by atoms with Crippen LogP contribution in [0.3, 0.4) is 0 Å². The van der Waals surface area contributed by atoms with Crippen LogP contribution in [0.2, 0.25) is 0 Å². The van der Waals surface area contributed by atoms with Crippen LogP contribution in [-0.2, 0) is 6.18 Å². The van der Waals surface area contributed by atoms with E-state index >= 15 is 0 Å². The molecule has 1 aromatic carbocycles. The van der Waals surface area contributed by atoms with Crippen molar-refractivity contribution in [1.29, 1.82) is 0 Å². The summed E-state index contributed by atoms with van der Waals surface area (Å²) in [6.07, 6.45) is -1.13. The molecule has 1 aromatic heterocycles. The van der Waals surface area contributed by atoms with Gasteiger partial charge in [0.2, 0.25) is 5.95 Å². The normalized spacial score (nSPS) is 15.8. The first-order valence-corrected chi connectivity index (χ1v) is 7.19. The highest BCUT2D eigenvalue weighted by molar-refractivity contribution is 5.61. The molecule has 2 heterocycles.